The fourth-order valence-electron chi connectivity index (χ4n) is 6.98. The molecule has 9 nitrogen and oxygen atoms in total. The number of nitrogens with one attached hydrogen (secondary N) is 1. The minimum absolute atomic E-state index is 0.0610. The summed E-state index contributed by atoms with van der Waals surface area (Å²) in [5.74, 6) is 0.373. The van der Waals surface area contributed by atoms with Crippen LogP contribution in [0.5, 0.6) is 5.75 Å². The maximum atomic E-state index is 13.2. The van der Waals surface area contributed by atoms with E-state index < -0.39 is 11.9 Å². The molecular formula is C33H36N4O5. The van der Waals surface area contributed by atoms with E-state index in [-0.39, 0.29) is 30.4 Å². The molecule has 3 saturated heterocycles. The van der Waals surface area contributed by atoms with Crippen LogP contribution in [0.25, 0.3) is 10.9 Å². The first-order valence-corrected chi connectivity index (χ1v) is 15.1. The van der Waals surface area contributed by atoms with Gasteiger partial charge in [0.2, 0.25) is 11.8 Å². The van der Waals surface area contributed by atoms with E-state index in [1.807, 2.05) is 19.1 Å². The first-order chi connectivity index (χ1) is 20.4. The zero-order valence-corrected chi connectivity index (χ0v) is 23.9. The number of likely N-dealkylation sites (tertiary alicyclic amines) is 1. The summed E-state index contributed by atoms with van der Waals surface area (Å²) in [6.45, 7) is 6.20. The third-order valence-corrected chi connectivity index (χ3v) is 9.25. The number of benzene rings is 2. The third-order valence-electron chi connectivity index (χ3n) is 9.25. The monoisotopic (exact) mass is 568 g/mol. The van der Waals surface area contributed by atoms with Crippen LogP contribution < -0.4 is 10.1 Å². The second kappa shape index (κ2) is 11.1. The average Bonchev–Trinajstić information content (AvgIpc) is 3.54. The average molecular weight is 569 g/mol. The van der Waals surface area contributed by atoms with Crippen LogP contribution in [0, 0.1) is 0 Å². The summed E-state index contributed by atoms with van der Waals surface area (Å²) in [6.07, 6.45) is 3.66. The fourth-order valence-corrected chi connectivity index (χ4v) is 6.98. The molecule has 42 heavy (non-hydrogen) atoms. The normalized spacial score (nSPS) is 25.2. The van der Waals surface area contributed by atoms with Gasteiger partial charge in [-0.3, -0.25) is 29.6 Å². The molecule has 0 bridgehead atoms. The number of amides is 3. The van der Waals surface area contributed by atoms with Crippen molar-refractivity contribution >= 4 is 28.6 Å². The molecule has 1 aromatic heterocycles. The summed E-state index contributed by atoms with van der Waals surface area (Å²) >= 11 is 0. The molecule has 4 aliphatic heterocycles. The second-order valence-electron chi connectivity index (χ2n) is 12.0. The number of carbonyl (C=O) groups is 3. The van der Waals surface area contributed by atoms with Gasteiger partial charge in [-0.15, -0.1) is 0 Å². The summed E-state index contributed by atoms with van der Waals surface area (Å²) in [5.41, 5.74) is 4.94. The first kappa shape index (κ1) is 27.0. The minimum Gasteiger partial charge on any atom is -0.489 e. The van der Waals surface area contributed by atoms with Crippen molar-refractivity contribution in [3.05, 3.63) is 70.9 Å². The molecule has 4 aliphatic rings. The zero-order chi connectivity index (χ0) is 28.8. The highest BCUT2D eigenvalue weighted by molar-refractivity contribution is 6.05. The maximum absolute atomic E-state index is 13.2. The number of carbonyl (C=O) groups excluding carboxylic acids is 3. The molecule has 2 aromatic carbocycles. The van der Waals surface area contributed by atoms with Gasteiger partial charge in [0, 0.05) is 61.8 Å². The minimum atomic E-state index is -0.634. The van der Waals surface area contributed by atoms with E-state index in [1.165, 1.54) is 16.6 Å². The number of piperidine rings is 1. The number of ether oxygens (including phenoxy) is 2. The molecule has 0 unspecified atom stereocenters. The van der Waals surface area contributed by atoms with Crippen molar-refractivity contribution in [1.82, 2.24) is 20.1 Å². The van der Waals surface area contributed by atoms with Crippen LogP contribution in [0.2, 0.25) is 0 Å². The summed E-state index contributed by atoms with van der Waals surface area (Å²) in [4.78, 5) is 46.2. The Labute approximate surface area is 245 Å². The van der Waals surface area contributed by atoms with E-state index in [0.29, 0.717) is 17.9 Å². The van der Waals surface area contributed by atoms with Crippen molar-refractivity contribution in [2.24, 2.45) is 0 Å². The van der Waals surface area contributed by atoms with Gasteiger partial charge in [-0.1, -0.05) is 12.1 Å². The van der Waals surface area contributed by atoms with Crippen LogP contribution >= 0.6 is 0 Å². The smallest absolute Gasteiger partial charge is 0.255 e. The number of rotatable bonds is 6. The summed E-state index contributed by atoms with van der Waals surface area (Å²) in [7, 11) is 0. The second-order valence-corrected chi connectivity index (χ2v) is 12.0. The predicted molar refractivity (Wildman–Crippen MR) is 156 cm³/mol. The quantitative estimate of drug-likeness (QED) is 0.447. The zero-order valence-electron chi connectivity index (χ0n) is 23.9. The van der Waals surface area contributed by atoms with E-state index in [0.717, 1.165) is 68.9 Å². The molecule has 0 saturated carbocycles. The number of fused-ring (bicyclic) bond motifs is 2. The Bertz CT molecular complexity index is 1550. The third kappa shape index (κ3) is 5.16. The van der Waals surface area contributed by atoms with Gasteiger partial charge in [0.1, 0.15) is 17.9 Å². The Kier molecular flexibility index (Phi) is 7.15. The molecule has 3 amide bonds. The highest BCUT2D eigenvalue weighted by Crippen LogP contribution is 2.39. The number of nitrogens with zero attached hydrogens (tertiary/aromatic N) is 3. The molecule has 1 N–H and O–H groups in total. The van der Waals surface area contributed by atoms with Gasteiger partial charge in [0.05, 0.1) is 11.6 Å². The standard InChI is InChI=1S/C33H36N4O5/c1-20-27-17-24(4-5-26(27)33(40)37(20)30-8-9-31(38)35-32(30)39)42-25-10-13-36(19-25)18-21-2-6-29-23(16-21)3-7-28(34-29)22-11-14-41-15-12-22/h2-7,16-17,20,22,25,30H,8-15,18-19H2,1H3,(H,35,38,39)/t20-,25+,30+/m1/s1. The number of hydrogen-bond donors (Lipinski definition) is 1. The van der Waals surface area contributed by atoms with Crippen molar-refractivity contribution in [1.29, 1.82) is 0 Å². The predicted octanol–water partition coefficient (Wildman–Crippen LogP) is 4.10. The van der Waals surface area contributed by atoms with Crippen LogP contribution in [-0.2, 0) is 20.9 Å². The number of pyridine rings is 1. The van der Waals surface area contributed by atoms with Crippen LogP contribution in [0.1, 0.15) is 78.2 Å². The Morgan fingerprint density at radius 1 is 1.00 bits per heavy atom. The Balaban J connectivity index is 0.977. The van der Waals surface area contributed by atoms with Crippen LogP contribution in [0.3, 0.4) is 0 Å². The van der Waals surface area contributed by atoms with Crippen molar-refractivity contribution in [2.45, 2.75) is 69.7 Å². The lowest BCUT2D eigenvalue weighted by atomic mass is 9.95. The van der Waals surface area contributed by atoms with Gasteiger partial charge in [-0.05, 0) is 80.1 Å². The van der Waals surface area contributed by atoms with Gasteiger partial charge in [0.25, 0.3) is 5.91 Å². The molecule has 3 atom stereocenters. The van der Waals surface area contributed by atoms with E-state index in [9.17, 15) is 14.4 Å². The highest BCUT2D eigenvalue weighted by atomic mass is 16.5. The van der Waals surface area contributed by atoms with Gasteiger partial charge >= 0.3 is 0 Å². The number of imide groups is 1. The molecule has 218 valence electrons. The SMILES string of the molecule is C[C@@H]1c2cc(O[C@H]3CCN(Cc4ccc5nc(C6CCOCC6)ccc5c4)C3)ccc2C(=O)N1[C@H]1CCC(=O)NC1=O. The molecule has 9 heteroatoms. The first-order valence-electron chi connectivity index (χ1n) is 15.1. The van der Waals surface area contributed by atoms with Gasteiger partial charge < -0.3 is 14.4 Å². The summed E-state index contributed by atoms with van der Waals surface area (Å²) < 4.78 is 11.9. The lowest BCUT2D eigenvalue weighted by Gasteiger charge is -2.32. The van der Waals surface area contributed by atoms with Gasteiger partial charge in [-0.2, -0.15) is 0 Å². The number of hydrogen-bond acceptors (Lipinski definition) is 7. The van der Waals surface area contributed by atoms with Gasteiger partial charge in [0.15, 0.2) is 0 Å². The molecule has 3 fully saturated rings. The lowest BCUT2D eigenvalue weighted by molar-refractivity contribution is -0.137. The Hall–Kier alpha value is -3.82. The Morgan fingerprint density at radius 3 is 2.69 bits per heavy atom. The molecular weight excluding hydrogens is 532 g/mol. The topological polar surface area (TPSA) is 101 Å². The van der Waals surface area contributed by atoms with Crippen LogP contribution in [0.15, 0.2) is 48.5 Å². The molecule has 3 aromatic rings. The number of aromatic nitrogens is 1. The van der Waals surface area contributed by atoms with E-state index in [2.05, 4.69) is 40.5 Å². The summed E-state index contributed by atoms with van der Waals surface area (Å²) in [6, 6.07) is 15.6. The van der Waals surface area contributed by atoms with Crippen LogP contribution in [-0.4, -0.2) is 71.0 Å². The van der Waals surface area contributed by atoms with Crippen molar-refractivity contribution in [3.8, 4) is 5.75 Å². The molecule has 0 spiro atoms. The van der Waals surface area contributed by atoms with E-state index in [4.69, 9.17) is 14.5 Å². The van der Waals surface area contributed by atoms with Crippen molar-refractivity contribution in [3.63, 3.8) is 0 Å². The molecule has 0 aliphatic carbocycles. The molecule has 5 heterocycles. The lowest BCUT2D eigenvalue weighted by Crippen LogP contribution is -2.53. The maximum Gasteiger partial charge on any atom is 0.255 e. The Morgan fingerprint density at radius 2 is 1.86 bits per heavy atom. The largest absolute Gasteiger partial charge is 0.489 e. The van der Waals surface area contributed by atoms with Crippen molar-refractivity contribution < 1.29 is 23.9 Å². The fraction of sp³-hybridized carbons (Fsp3) is 0.455. The van der Waals surface area contributed by atoms with Gasteiger partial charge in [-0.25, -0.2) is 0 Å². The van der Waals surface area contributed by atoms with Crippen molar-refractivity contribution in [2.75, 3.05) is 26.3 Å². The highest BCUT2D eigenvalue weighted by Gasteiger charge is 2.43. The van der Waals surface area contributed by atoms with Crippen LogP contribution in [0.4, 0.5) is 0 Å². The van der Waals surface area contributed by atoms with E-state index in [1.54, 1.807) is 11.0 Å². The molecule has 7 rings (SSSR count). The molecule has 0 radical (unpaired) electrons. The van der Waals surface area contributed by atoms with E-state index >= 15 is 0 Å². The summed E-state index contributed by atoms with van der Waals surface area (Å²) in [5, 5.41) is 3.54.